The Labute approximate surface area is 111 Å². The molecule has 1 aromatic carbocycles. The molecule has 0 amide bonds. The van der Waals surface area contributed by atoms with Crippen molar-refractivity contribution in [1.29, 1.82) is 0 Å². The highest BCUT2D eigenvalue weighted by molar-refractivity contribution is 7.99. The molecule has 1 heterocycles. The molecule has 1 aliphatic heterocycles. The lowest BCUT2D eigenvalue weighted by atomic mass is 9.93. The summed E-state index contributed by atoms with van der Waals surface area (Å²) in [5, 5.41) is 9.98. The van der Waals surface area contributed by atoms with Crippen LogP contribution in [0.1, 0.15) is 24.8 Å². The minimum atomic E-state index is -0.578. The van der Waals surface area contributed by atoms with E-state index >= 15 is 0 Å². The molecule has 1 saturated heterocycles. The molecule has 0 saturated carbocycles. The SMILES string of the molecule is OC(Cc1cc(F)cc(F)c1)CC1CCSCC1. The van der Waals surface area contributed by atoms with Crippen molar-refractivity contribution in [1.82, 2.24) is 0 Å². The maximum atomic E-state index is 13.0. The Morgan fingerprint density at radius 3 is 2.39 bits per heavy atom. The zero-order chi connectivity index (χ0) is 13.0. The number of halogens is 2. The van der Waals surface area contributed by atoms with Crippen molar-refractivity contribution in [3.05, 3.63) is 35.4 Å². The predicted molar refractivity (Wildman–Crippen MR) is 70.7 cm³/mol. The summed E-state index contributed by atoms with van der Waals surface area (Å²) in [5.41, 5.74) is 0.533. The fourth-order valence-electron chi connectivity index (χ4n) is 2.45. The molecule has 2 rings (SSSR count). The number of rotatable bonds is 4. The Balaban J connectivity index is 1.87. The van der Waals surface area contributed by atoms with Crippen LogP contribution in [0, 0.1) is 17.6 Å². The van der Waals surface area contributed by atoms with Gasteiger partial charge in [-0.1, -0.05) is 0 Å². The van der Waals surface area contributed by atoms with E-state index in [0.29, 0.717) is 17.9 Å². The van der Waals surface area contributed by atoms with Crippen molar-refractivity contribution in [2.75, 3.05) is 11.5 Å². The summed E-state index contributed by atoms with van der Waals surface area (Å²) in [7, 11) is 0. The fraction of sp³-hybridized carbons (Fsp3) is 0.571. The molecule has 0 radical (unpaired) electrons. The maximum absolute atomic E-state index is 13.0. The monoisotopic (exact) mass is 272 g/mol. The molecule has 0 aromatic heterocycles. The van der Waals surface area contributed by atoms with E-state index in [-0.39, 0.29) is 0 Å². The molecule has 1 unspecified atom stereocenters. The lowest BCUT2D eigenvalue weighted by Crippen LogP contribution is -2.19. The van der Waals surface area contributed by atoms with E-state index in [1.165, 1.54) is 12.1 Å². The Hall–Kier alpha value is -0.610. The van der Waals surface area contributed by atoms with Crippen LogP contribution in [0.5, 0.6) is 0 Å². The first kappa shape index (κ1) is 13.8. The lowest BCUT2D eigenvalue weighted by Gasteiger charge is -2.23. The van der Waals surface area contributed by atoms with Gasteiger partial charge in [-0.3, -0.25) is 0 Å². The third-order valence-corrected chi connectivity index (χ3v) is 4.39. The molecule has 0 bridgehead atoms. The zero-order valence-electron chi connectivity index (χ0n) is 10.2. The van der Waals surface area contributed by atoms with Crippen LogP contribution in [0.15, 0.2) is 18.2 Å². The Morgan fingerprint density at radius 2 is 1.78 bits per heavy atom. The molecule has 1 fully saturated rings. The quantitative estimate of drug-likeness (QED) is 0.906. The Bertz CT molecular complexity index is 371. The van der Waals surface area contributed by atoms with Crippen LogP contribution >= 0.6 is 11.8 Å². The standard InChI is InChI=1S/C14H18F2OS/c15-12-5-11(6-13(16)9-12)8-14(17)7-10-1-3-18-4-2-10/h5-6,9-10,14,17H,1-4,7-8H2. The van der Waals surface area contributed by atoms with Gasteiger partial charge in [-0.25, -0.2) is 8.78 Å². The number of benzene rings is 1. The van der Waals surface area contributed by atoms with E-state index in [2.05, 4.69) is 0 Å². The second-order valence-corrected chi connectivity index (χ2v) is 6.15. The van der Waals surface area contributed by atoms with Crippen molar-refractivity contribution >= 4 is 11.8 Å². The average molecular weight is 272 g/mol. The first-order valence-electron chi connectivity index (χ1n) is 6.34. The summed E-state index contributed by atoms with van der Waals surface area (Å²) < 4.78 is 26.0. The third-order valence-electron chi connectivity index (χ3n) is 3.34. The van der Waals surface area contributed by atoms with Crippen molar-refractivity contribution < 1.29 is 13.9 Å². The largest absolute Gasteiger partial charge is 0.393 e. The minimum absolute atomic E-state index is 0.332. The zero-order valence-corrected chi connectivity index (χ0v) is 11.1. The van der Waals surface area contributed by atoms with E-state index in [1.54, 1.807) is 0 Å². The van der Waals surface area contributed by atoms with E-state index in [4.69, 9.17) is 0 Å². The van der Waals surface area contributed by atoms with Gasteiger partial charge in [-0.2, -0.15) is 11.8 Å². The summed E-state index contributed by atoms with van der Waals surface area (Å²) in [6, 6.07) is 3.44. The normalized spacial score (nSPS) is 18.8. The molecule has 0 aliphatic carbocycles. The molecule has 1 nitrogen and oxygen atoms in total. The average Bonchev–Trinajstić information content (AvgIpc) is 2.28. The topological polar surface area (TPSA) is 20.2 Å². The van der Waals surface area contributed by atoms with E-state index in [0.717, 1.165) is 36.8 Å². The summed E-state index contributed by atoms with van der Waals surface area (Å²) in [6.45, 7) is 0. The summed E-state index contributed by atoms with van der Waals surface area (Å²) in [4.78, 5) is 0. The Morgan fingerprint density at radius 1 is 1.17 bits per heavy atom. The summed E-state index contributed by atoms with van der Waals surface area (Å²) in [6.07, 6.45) is 2.84. The molecule has 100 valence electrons. The minimum Gasteiger partial charge on any atom is -0.393 e. The van der Waals surface area contributed by atoms with Crippen LogP contribution in [-0.4, -0.2) is 22.7 Å². The first-order valence-corrected chi connectivity index (χ1v) is 7.50. The highest BCUT2D eigenvalue weighted by atomic mass is 32.2. The molecule has 1 atom stereocenters. The van der Waals surface area contributed by atoms with Crippen LogP contribution in [0.3, 0.4) is 0 Å². The second kappa shape index (κ2) is 6.53. The predicted octanol–water partition coefficient (Wildman–Crippen LogP) is 3.40. The summed E-state index contributed by atoms with van der Waals surface area (Å²) in [5.74, 6) is 1.72. The number of aliphatic hydroxyl groups is 1. The van der Waals surface area contributed by atoms with Crippen molar-refractivity contribution in [2.24, 2.45) is 5.92 Å². The molecule has 18 heavy (non-hydrogen) atoms. The third kappa shape index (κ3) is 4.25. The molecule has 1 aliphatic rings. The number of hydrogen-bond acceptors (Lipinski definition) is 2. The fourth-order valence-corrected chi connectivity index (χ4v) is 3.66. The molecule has 0 spiro atoms. The van der Waals surface area contributed by atoms with E-state index in [1.807, 2.05) is 11.8 Å². The first-order chi connectivity index (χ1) is 8.63. The van der Waals surface area contributed by atoms with Gasteiger partial charge in [-0.15, -0.1) is 0 Å². The van der Waals surface area contributed by atoms with Crippen LogP contribution < -0.4 is 0 Å². The van der Waals surface area contributed by atoms with E-state index < -0.39 is 17.7 Å². The van der Waals surface area contributed by atoms with Crippen LogP contribution in [0.2, 0.25) is 0 Å². The van der Waals surface area contributed by atoms with Crippen molar-refractivity contribution in [3.63, 3.8) is 0 Å². The lowest BCUT2D eigenvalue weighted by molar-refractivity contribution is 0.139. The van der Waals surface area contributed by atoms with Gasteiger partial charge in [0, 0.05) is 6.07 Å². The van der Waals surface area contributed by atoms with Crippen LogP contribution in [-0.2, 0) is 6.42 Å². The number of aliphatic hydroxyl groups excluding tert-OH is 1. The van der Waals surface area contributed by atoms with E-state index in [9.17, 15) is 13.9 Å². The van der Waals surface area contributed by atoms with Gasteiger partial charge in [0.05, 0.1) is 6.10 Å². The maximum Gasteiger partial charge on any atom is 0.126 e. The summed E-state index contributed by atoms with van der Waals surface area (Å²) >= 11 is 1.95. The molecule has 1 N–H and O–H groups in total. The highest BCUT2D eigenvalue weighted by Crippen LogP contribution is 2.27. The number of thioether (sulfide) groups is 1. The second-order valence-electron chi connectivity index (χ2n) is 4.93. The van der Waals surface area contributed by atoms with Gasteiger partial charge in [0.15, 0.2) is 0 Å². The number of hydrogen-bond donors (Lipinski definition) is 1. The van der Waals surface area contributed by atoms with Gasteiger partial charge < -0.3 is 5.11 Å². The van der Waals surface area contributed by atoms with Crippen LogP contribution in [0.4, 0.5) is 8.78 Å². The molecular formula is C14H18F2OS. The van der Waals surface area contributed by atoms with Crippen LogP contribution in [0.25, 0.3) is 0 Å². The van der Waals surface area contributed by atoms with Crippen molar-refractivity contribution in [3.8, 4) is 0 Å². The van der Waals surface area contributed by atoms with Gasteiger partial charge in [0.25, 0.3) is 0 Å². The highest BCUT2D eigenvalue weighted by Gasteiger charge is 2.18. The van der Waals surface area contributed by atoms with Gasteiger partial charge >= 0.3 is 0 Å². The molecular weight excluding hydrogens is 254 g/mol. The smallest absolute Gasteiger partial charge is 0.126 e. The molecule has 1 aromatic rings. The van der Waals surface area contributed by atoms with Gasteiger partial charge in [-0.05, 0) is 60.8 Å². The van der Waals surface area contributed by atoms with Gasteiger partial charge in [0.2, 0.25) is 0 Å². The van der Waals surface area contributed by atoms with Crippen molar-refractivity contribution in [2.45, 2.75) is 31.8 Å². The molecule has 4 heteroatoms. The van der Waals surface area contributed by atoms with Gasteiger partial charge in [0.1, 0.15) is 11.6 Å². The Kier molecular flexibility index (Phi) is 5.01.